The molecule has 1 aromatic carbocycles. The van der Waals surface area contributed by atoms with E-state index in [0.717, 1.165) is 11.3 Å². The molecule has 3 nitrogen and oxygen atoms in total. The first-order valence-corrected chi connectivity index (χ1v) is 6.69. The Hall–Kier alpha value is -1.52. The van der Waals surface area contributed by atoms with Crippen molar-refractivity contribution in [3.63, 3.8) is 0 Å². The molecule has 0 aliphatic carbocycles. The summed E-state index contributed by atoms with van der Waals surface area (Å²) in [5.74, 6) is 0.807. The van der Waals surface area contributed by atoms with Crippen LogP contribution in [0, 0.1) is 0 Å². The van der Waals surface area contributed by atoms with Gasteiger partial charge >= 0.3 is 0 Å². The Kier molecular flexibility index (Phi) is 4.61. The zero-order valence-corrected chi connectivity index (χ0v) is 11.1. The summed E-state index contributed by atoms with van der Waals surface area (Å²) in [4.78, 5) is 0. The highest BCUT2D eigenvalue weighted by Crippen LogP contribution is 2.16. The van der Waals surface area contributed by atoms with Gasteiger partial charge in [-0.25, -0.2) is 0 Å². The number of hydrogen-bond acceptors (Lipinski definition) is 4. The van der Waals surface area contributed by atoms with Gasteiger partial charge in [-0.2, -0.15) is 11.3 Å². The first kappa shape index (κ1) is 12.9. The SMILES string of the molecule is ON=C(Cl)Cc1ccc(OCc2ccsc2)cc1. The molecule has 0 aliphatic heterocycles. The summed E-state index contributed by atoms with van der Waals surface area (Å²) in [5.41, 5.74) is 2.14. The summed E-state index contributed by atoms with van der Waals surface area (Å²) in [6.07, 6.45) is 0.420. The van der Waals surface area contributed by atoms with Gasteiger partial charge in [-0.15, -0.1) is 0 Å². The Bertz CT molecular complexity index is 508. The Balaban J connectivity index is 1.91. The fourth-order valence-electron chi connectivity index (χ4n) is 1.45. The van der Waals surface area contributed by atoms with Gasteiger partial charge < -0.3 is 9.94 Å². The smallest absolute Gasteiger partial charge is 0.149 e. The highest BCUT2D eigenvalue weighted by Gasteiger charge is 2.00. The van der Waals surface area contributed by atoms with Crippen LogP contribution in [0.4, 0.5) is 0 Å². The van der Waals surface area contributed by atoms with Crippen LogP contribution in [0.25, 0.3) is 0 Å². The van der Waals surface area contributed by atoms with E-state index < -0.39 is 0 Å². The van der Waals surface area contributed by atoms with Gasteiger partial charge in [-0.05, 0) is 40.1 Å². The van der Waals surface area contributed by atoms with Crippen LogP contribution in [0.15, 0.2) is 46.2 Å². The monoisotopic (exact) mass is 281 g/mol. The van der Waals surface area contributed by atoms with Gasteiger partial charge in [0.15, 0.2) is 0 Å². The maximum Gasteiger partial charge on any atom is 0.149 e. The largest absolute Gasteiger partial charge is 0.489 e. The lowest BCUT2D eigenvalue weighted by atomic mass is 10.1. The van der Waals surface area contributed by atoms with Crippen LogP contribution in [-0.4, -0.2) is 10.4 Å². The summed E-state index contributed by atoms with van der Waals surface area (Å²) >= 11 is 7.29. The number of benzene rings is 1. The summed E-state index contributed by atoms with van der Waals surface area (Å²) in [6.45, 7) is 0.571. The number of hydrogen-bond donors (Lipinski definition) is 1. The molecule has 1 aromatic heterocycles. The van der Waals surface area contributed by atoms with Crippen molar-refractivity contribution in [3.05, 3.63) is 52.2 Å². The van der Waals surface area contributed by atoms with Crippen LogP contribution in [-0.2, 0) is 13.0 Å². The number of nitrogens with zero attached hydrogens (tertiary/aromatic N) is 1. The summed E-state index contributed by atoms with van der Waals surface area (Å²) in [7, 11) is 0. The van der Waals surface area contributed by atoms with E-state index in [-0.39, 0.29) is 5.17 Å². The van der Waals surface area contributed by atoms with E-state index in [1.165, 1.54) is 5.56 Å². The molecule has 0 fully saturated rings. The quantitative estimate of drug-likeness (QED) is 0.513. The standard InChI is InChI=1S/C13H12ClNO2S/c14-13(15-16)7-10-1-3-12(4-2-10)17-8-11-5-6-18-9-11/h1-6,9,16H,7-8H2. The zero-order valence-electron chi connectivity index (χ0n) is 9.54. The molecule has 0 atom stereocenters. The number of ether oxygens (including phenoxy) is 1. The van der Waals surface area contributed by atoms with Crippen LogP contribution >= 0.6 is 22.9 Å². The van der Waals surface area contributed by atoms with Gasteiger partial charge in [-0.3, -0.25) is 0 Å². The molecule has 2 rings (SSSR count). The zero-order chi connectivity index (χ0) is 12.8. The van der Waals surface area contributed by atoms with Gasteiger partial charge in [0.25, 0.3) is 0 Å². The average molecular weight is 282 g/mol. The fourth-order valence-corrected chi connectivity index (χ4v) is 2.26. The highest BCUT2D eigenvalue weighted by molar-refractivity contribution is 7.07. The Morgan fingerprint density at radius 3 is 2.61 bits per heavy atom. The second-order valence-electron chi connectivity index (χ2n) is 3.72. The second kappa shape index (κ2) is 6.42. The van der Waals surface area contributed by atoms with E-state index in [0.29, 0.717) is 13.0 Å². The van der Waals surface area contributed by atoms with Crippen molar-refractivity contribution in [1.29, 1.82) is 0 Å². The van der Waals surface area contributed by atoms with Gasteiger partial charge in [0.2, 0.25) is 0 Å². The summed E-state index contributed by atoms with van der Waals surface area (Å²) in [6, 6.07) is 9.59. The molecule has 2 aromatic rings. The van der Waals surface area contributed by atoms with Crippen molar-refractivity contribution in [2.45, 2.75) is 13.0 Å². The topological polar surface area (TPSA) is 41.8 Å². The molecule has 0 amide bonds. The molecule has 0 spiro atoms. The minimum Gasteiger partial charge on any atom is -0.489 e. The van der Waals surface area contributed by atoms with Gasteiger partial charge in [0, 0.05) is 6.42 Å². The molecule has 18 heavy (non-hydrogen) atoms. The van der Waals surface area contributed by atoms with Crippen LogP contribution < -0.4 is 4.74 Å². The average Bonchev–Trinajstić information content (AvgIpc) is 2.91. The predicted molar refractivity (Wildman–Crippen MR) is 73.9 cm³/mol. The minimum atomic E-state index is 0.168. The maximum atomic E-state index is 8.47. The van der Waals surface area contributed by atoms with E-state index in [9.17, 15) is 0 Å². The first-order chi connectivity index (χ1) is 8.78. The molecule has 0 aliphatic rings. The third-order valence-electron chi connectivity index (χ3n) is 2.37. The van der Waals surface area contributed by atoms with Crippen molar-refractivity contribution in [1.82, 2.24) is 0 Å². The molecule has 0 radical (unpaired) electrons. The van der Waals surface area contributed by atoms with Crippen LogP contribution in [0.5, 0.6) is 5.75 Å². The summed E-state index contributed by atoms with van der Waals surface area (Å²) < 4.78 is 5.63. The Labute approximate surface area is 114 Å². The maximum absolute atomic E-state index is 8.47. The lowest BCUT2D eigenvalue weighted by Crippen LogP contribution is -1.96. The molecule has 0 saturated carbocycles. The van der Waals surface area contributed by atoms with E-state index >= 15 is 0 Å². The van der Waals surface area contributed by atoms with Crippen molar-refractivity contribution >= 4 is 28.1 Å². The number of thiophene rings is 1. The molecule has 0 bridgehead atoms. The van der Waals surface area contributed by atoms with Gasteiger partial charge in [-0.1, -0.05) is 28.9 Å². The van der Waals surface area contributed by atoms with Crippen molar-refractivity contribution in [3.8, 4) is 5.75 Å². The second-order valence-corrected chi connectivity index (χ2v) is 4.93. The minimum absolute atomic E-state index is 0.168. The summed E-state index contributed by atoms with van der Waals surface area (Å²) in [5, 5.41) is 15.7. The van der Waals surface area contributed by atoms with Crippen molar-refractivity contribution < 1.29 is 9.94 Å². The van der Waals surface area contributed by atoms with Crippen LogP contribution in [0.3, 0.4) is 0 Å². The van der Waals surface area contributed by atoms with E-state index in [1.54, 1.807) is 11.3 Å². The van der Waals surface area contributed by atoms with E-state index in [1.807, 2.05) is 35.7 Å². The van der Waals surface area contributed by atoms with Crippen molar-refractivity contribution in [2.75, 3.05) is 0 Å². The molecular formula is C13H12ClNO2S. The molecule has 0 unspecified atom stereocenters. The van der Waals surface area contributed by atoms with E-state index in [2.05, 4.69) is 10.5 Å². The first-order valence-electron chi connectivity index (χ1n) is 5.37. The Morgan fingerprint density at radius 2 is 2.00 bits per heavy atom. The lowest BCUT2D eigenvalue weighted by Gasteiger charge is -2.05. The normalized spacial score (nSPS) is 11.5. The Morgan fingerprint density at radius 1 is 1.22 bits per heavy atom. The third kappa shape index (κ3) is 3.75. The molecule has 1 heterocycles. The molecular weight excluding hydrogens is 270 g/mol. The number of rotatable bonds is 5. The lowest BCUT2D eigenvalue weighted by molar-refractivity contribution is 0.306. The number of halogens is 1. The van der Waals surface area contributed by atoms with Crippen molar-refractivity contribution in [2.24, 2.45) is 5.16 Å². The molecule has 1 N–H and O–H groups in total. The fraction of sp³-hybridized carbons (Fsp3) is 0.154. The molecule has 94 valence electrons. The predicted octanol–water partition coefficient (Wildman–Crippen LogP) is 3.90. The third-order valence-corrected chi connectivity index (χ3v) is 3.31. The number of oxime groups is 1. The van der Waals surface area contributed by atoms with Gasteiger partial charge in [0.1, 0.15) is 17.5 Å². The van der Waals surface area contributed by atoms with E-state index in [4.69, 9.17) is 21.5 Å². The van der Waals surface area contributed by atoms with Gasteiger partial charge in [0.05, 0.1) is 0 Å². The molecule has 5 heteroatoms. The highest BCUT2D eigenvalue weighted by atomic mass is 35.5. The van der Waals surface area contributed by atoms with Crippen LogP contribution in [0.2, 0.25) is 0 Å². The molecule has 0 saturated heterocycles. The van der Waals surface area contributed by atoms with Crippen LogP contribution in [0.1, 0.15) is 11.1 Å².